The molecule has 1 aromatic rings. The molecule has 292 valence electrons. The van der Waals surface area contributed by atoms with Crippen molar-refractivity contribution in [3.63, 3.8) is 0 Å². The number of allylic oxidation sites excluding steroid dienone is 1. The number of aliphatic carboxylic acids is 1. The Kier molecular flexibility index (Phi) is 9.99. The number of ketones is 1. The summed E-state index contributed by atoms with van der Waals surface area (Å²) in [4.78, 5) is 54.0. The summed E-state index contributed by atoms with van der Waals surface area (Å²) in [5.41, 5.74) is 0.556. The Morgan fingerprint density at radius 2 is 1.57 bits per heavy atom. The maximum atomic E-state index is 14.1. The average molecular weight is 732 g/mol. The molecule has 0 heterocycles. The van der Waals surface area contributed by atoms with E-state index in [4.69, 9.17) is 4.74 Å². The van der Waals surface area contributed by atoms with Crippen LogP contribution < -0.4 is 0 Å². The van der Waals surface area contributed by atoms with Gasteiger partial charge in [-0.3, -0.25) is 19.2 Å². The highest BCUT2D eigenvalue weighted by Crippen LogP contribution is 2.77. The number of aliphatic hydroxyl groups is 1. The zero-order valence-corrected chi connectivity index (χ0v) is 34.0. The number of aliphatic hydroxyl groups excluding tert-OH is 1. The number of likely N-dealkylation sites (N-methyl/N-ethyl adjacent to an activating group) is 1. The molecule has 9 atom stereocenters. The number of fused-ring (bicyclic) bond motifs is 7. The highest BCUT2D eigenvalue weighted by molar-refractivity contribution is 6.01. The Morgan fingerprint density at radius 1 is 0.906 bits per heavy atom. The van der Waals surface area contributed by atoms with E-state index in [0.29, 0.717) is 23.8 Å². The predicted octanol–water partition coefficient (Wildman–Crippen LogP) is 8.51. The lowest BCUT2D eigenvalue weighted by Crippen LogP contribution is -2.66. The van der Waals surface area contributed by atoms with Crippen LogP contribution in [0.4, 0.5) is 0 Å². The Balaban J connectivity index is 1.28. The van der Waals surface area contributed by atoms with Crippen LogP contribution in [0, 0.1) is 56.2 Å². The number of carbonyl (C=O) groups is 4. The SMILES string of the molecule is CC(C)C1=C2C3CCC4C5(C)CCC(OC(=O)CC(C)(C)C(=O)O)C(C)(C)C5CCC4(C)C3(C)CCC2(C(O)CN(C)C(=O)c2ccccc2)CC1=O. The molecule has 2 N–H and O–H groups in total. The number of nitrogens with zero attached hydrogens (tertiary/aromatic N) is 1. The number of rotatable bonds is 9. The molecule has 8 heteroatoms. The van der Waals surface area contributed by atoms with E-state index in [2.05, 4.69) is 48.5 Å². The lowest BCUT2D eigenvalue weighted by Gasteiger charge is -2.72. The quantitative estimate of drug-likeness (QED) is 0.244. The minimum Gasteiger partial charge on any atom is -0.481 e. The molecule has 0 spiro atoms. The van der Waals surface area contributed by atoms with E-state index in [9.17, 15) is 29.4 Å². The molecule has 0 radical (unpaired) electrons. The molecule has 0 bridgehead atoms. The second-order valence-corrected chi connectivity index (χ2v) is 20.1. The summed E-state index contributed by atoms with van der Waals surface area (Å²) in [5, 5.41) is 21.9. The van der Waals surface area contributed by atoms with E-state index in [0.717, 1.165) is 56.9 Å². The van der Waals surface area contributed by atoms with E-state index in [1.54, 1.807) is 37.9 Å². The molecule has 0 aliphatic heterocycles. The van der Waals surface area contributed by atoms with Gasteiger partial charge in [0.1, 0.15) is 6.10 Å². The van der Waals surface area contributed by atoms with Crippen molar-refractivity contribution in [3.8, 4) is 0 Å². The van der Waals surface area contributed by atoms with E-state index < -0.39 is 28.9 Å². The topological polar surface area (TPSA) is 121 Å². The van der Waals surface area contributed by atoms with Gasteiger partial charge in [0.15, 0.2) is 5.78 Å². The number of esters is 1. The highest BCUT2D eigenvalue weighted by Gasteiger charge is 2.71. The molecule has 4 fully saturated rings. The van der Waals surface area contributed by atoms with E-state index >= 15 is 0 Å². The van der Waals surface area contributed by atoms with E-state index in [1.165, 1.54) is 5.57 Å². The van der Waals surface area contributed by atoms with Crippen LogP contribution >= 0.6 is 0 Å². The average Bonchev–Trinajstić information content (AvgIpc) is 3.39. The number of ether oxygens (including phenoxy) is 1. The molecular formula is C45H65NO7. The van der Waals surface area contributed by atoms with Gasteiger partial charge in [0, 0.05) is 36.4 Å². The number of benzene rings is 1. The van der Waals surface area contributed by atoms with Crippen molar-refractivity contribution < 1.29 is 34.1 Å². The van der Waals surface area contributed by atoms with Crippen LogP contribution in [0.25, 0.3) is 0 Å². The molecule has 0 aromatic heterocycles. The van der Waals surface area contributed by atoms with Crippen molar-refractivity contribution in [2.24, 2.45) is 56.2 Å². The summed E-state index contributed by atoms with van der Waals surface area (Å²) >= 11 is 0. The molecule has 4 saturated carbocycles. The molecule has 9 unspecified atom stereocenters. The monoisotopic (exact) mass is 731 g/mol. The number of amides is 1. The molecule has 5 aliphatic rings. The lowest BCUT2D eigenvalue weighted by molar-refractivity contribution is -0.235. The van der Waals surface area contributed by atoms with Crippen LogP contribution in [-0.2, 0) is 19.1 Å². The minimum absolute atomic E-state index is 0.00414. The van der Waals surface area contributed by atoms with E-state index in [1.807, 2.05) is 18.2 Å². The Labute approximate surface area is 317 Å². The van der Waals surface area contributed by atoms with E-state index in [-0.39, 0.29) is 64.3 Å². The van der Waals surface area contributed by atoms with Gasteiger partial charge in [-0.05, 0) is 123 Å². The van der Waals surface area contributed by atoms with Gasteiger partial charge in [-0.25, -0.2) is 0 Å². The minimum atomic E-state index is -1.18. The standard InChI is InChI=1S/C45H65NO7/c1-27(2)36-30(47)24-45(33(48)26-46(10)38(50)28-14-12-11-13-15-28)23-22-43(8)29(37(36)45)16-17-32-42(7)20-19-34(53-35(49)25-40(3,4)39(51)52)41(5,6)31(42)18-21-44(32,43)9/h11-15,27,29,31-34,48H,16-26H2,1-10H3,(H,51,52). The molecule has 1 aromatic carbocycles. The third-order valence-electron chi connectivity index (χ3n) is 16.3. The summed E-state index contributed by atoms with van der Waals surface area (Å²) in [5.74, 6) is -0.382. The first-order valence-electron chi connectivity index (χ1n) is 20.3. The maximum Gasteiger partial charge on any atom is 0.309 e. The van der Waals surface area contributed by atoms with Crippen LogP contribution in [0.3, 0.4) is 0 Å². The summed E-state index contributed by atoms with van der Waals surface area (Å²) in [6.45, 7) is 19.6. The number of hydrogen-bond donors (Lipinski definition) is 2. The zero-order valence-electron chi connectivity index (χ0n) is 34.0. The molecule has 6 rings (SSSR count). The molecule has 1 amide bonds. The largest absolute Gasteiger partial charge is 0.481 e. The second-order valence-electron chi connectivity index (χ2n) is 20.1. The number of carboxylic acid groups (broad SMARTS) is 1. The van der Waals surface area contributed by atoms with Gasteiger partial charge in [-0.15, -0.1) is 0 Å². The van der Waals surface area contributed by atoms with Gasteiger partial charge in [-0.1, -0.05) is 72.2 Å². The van der Waals surface area contributed by atoms with Gasteiger partial charge in [0.05, 0.1) is 17.9 Å². The van der Waals surface area contributed by atoms with Crippen LogP contribution in [-0.4, -0.2) is 64.5 Å². The lowest BCUT2D eigenvalue weighted by atomic mass is 9.33. The fourth-order valence-corrected chi connectivity index (χ4v) is 13.2. The van der Waals surface area contributed by atoms with Crippen molar-refractivity contribution >= 4 is 23.6 Å². The van der Waals surface area contributed by atoms with Crippen LogP contribution in [0.1, 0.15) is 137 Å². The van der Waals surface area contributed by atoms with Crippen molar-refractivity contribution in [2.45, 2.75) is 139 Å². The number of hydrogen-bond acceptors (Lipinski definition) is 6. The normalized spacial score (nSPS) is 36.9. The van der Waals surface area contributed by atoms with Crippen LogP contribution in [0.5, 0.6) is 0 Å². The van der Waals surface area contributed by atoms with Crippen LogP contribution in [0.2, 0.25) is 0 Å². The second kappa shape index (κ2) is 13.3. The molecular weight excluding hydrogens is 666 g/mol. The van der Waals surface area contributed by atoms with Crippen molar-refractivity contribution in [1.29, 1.82) is 0 Å². The van der Waals surface area contributed by atoms with Crippen LogP contribution in [0.15, 0.2) is 41.5 Å². The first-order chi connectivity index (χ1) is 24.6. The molecule has 8 nitrogen and oxygen atoms in total. The Bertz CT molecular complexity index is 1680. The Hall–Kier alpha value is -3.00. The third-order valence-corrected chi connectivity index (χ3v) is 16.3. The maximum absolute atomic E-state index is 14.1. The fourth-order valence-electron chi connectivity index (χ4n) is 13.2. The summed E-state index contributed by atoms with van der Waals surface area (Å²) < 4.78 is 6.16. The molecule has 53 heavy (non-hydrogen) atoms. The number of carbonyl (C=O) groups excluding carboxylic acids is 3. The third kappa shape index (κ3) is 6.03. The molecule has 0 saturated heterocycles. The van der Waals surface area contributed by atoms with Gasteiger partial charge in [0.25, 0.3) is 5.91 Å². The summed E-state index contributed by atoms with van der Waals surface area (Å²) in [6, 6.07) is 9.18. The smallest absolute Gasteiger partial charge is 0.309 e. The van der Waals surface area contributed by atoms with Gasteiger partial charge < -0.3 is 19.8 Å². The van der Waals surface area contributed by atoms with Gasteiger partial charge in [-0.2, -0.15) is 0 Å². The molecule has 5 aliphatic carbocycles. The first-order valence-corrected chi connectivity index (χ1v) is 20.3. The van der Waals surface area contributed by atoms with Crippen molar-refractivity contribution in [3.05, 3.63) is 47.0 Å². The zero-order chi connectivity index (χ0) is 39.1. The van der Waals surface area contributed by atoms with Gasteiger partial charge >= 0.3 is 11.9 Å². The number of Topliss-reactive ketones (excluding diaryl/α,β-unsaturated/α-hetero) is 1. The Morgan fingerprint density at radius 3 is 2.19 bits per heavy atom. The predicted molar refractivity (Wildman–Crippen MR) is 205 cm³/mol. The van der Waals surface area contributed by atoms with Crippen molar-refractivity contribution in [2.75, 3.05) is 13.6 Å². The summed E-state index contributed by atoms with van der Waals surface area (Å²) in [6.07, 6.45) is 6.48. The van der Waals surface area contributed by atoms with Gasteiger partial charge in [0.2, 0.25) is 0 Å². The van der Waals surface area contributed by atoms with Crippen molar-refractivity contribution in [1.82, 2.24) is 4.90 Å². The highest BCUT2D eigenvalue weighted by atomic mass is 16.5. The summed E-state index contributed by atoms with van der Waals surface area (Å²) in [7, 11) is 1.75. The first kappa shape index (κ1) is 39.7. The number of carboxylic acids is 1. The fraction of sp³-hybridized carbons (Fsp3) is 0.733.